The Balaban J connectivity index is 1.79. The number of hydrogen-bond donors (Lipinski definition) is 2. The molecule has 5 nitrogen and oxygen atoms in total. The van der Waals surface area contributed by atoms with Gasteiger partial charge in [0.2, 0.25) is 5.91 Å². The van der Waals surface area contributed by atoms with E-state index in [4.69, 9.17) is 9.84 Å². The van der Waals surface area contributed by atoms with Gasteiger partial charge in [-0.15, -0.1) is 0 Å². The van der Waals surface area contributed by atoms with Crippen molar-refractivity contribution in [3.63, 3.8) is 0 Å². The highest BCUT2D eigenvalue weighted by Gasteiger charge is 2.41. The number of hydrogen-bond acceptors (Lipinski definition) is 3. The number of carbonyl (C=O) groups excluding carboxylic acids is 1. The third-order valence-corrected chi connectivity index (χ3v) is 4.05. The second kappa shape index (κ2) is 4.81. The number of rotatable bonds is 4. The van der Waals surface area contributed by atoms with Gasteiger partial charge in [-0.05, 0) is 37.3 Å². The molecule has 2 aliphatic rings. The van der Waals surface area contributed by atoms with Crippen molar-refractivity contribution in [2.75, 3.05) is 5.32 Å². The van der Waals surface area contributed by atoms with E-state index < -0.39 is 11.6 Å². The molecule has 1 heterocycles. The number of carbonyl (C=O) groups is 2. The summed E-state index contributed by atoms with van der Waals surface area (Å²) in [4.78, 5) is 22.3. The van der Waals surface area contributed by atoms with Crippen molar-refractivity contribution in [1.82, 2.24) is 0 Å². The van der Waals surface area contributed by atoms with Crippen LogP contribution < -0.4 is 10.1 Å². The highest BCUT2D eigenvalue weighted by atomic mass is 16.5. The SMILES string of the molecule is O=C(O)CC1(Oc2ccc3c(c2)NC(=O)CC3)CCC1. The number of carboxylic acid groups (broad SMARTS) is 1. The van der Waals surface area contributed by atoms with Gasteiger partial charge in [-0.25, -0.2) is 0 Å². The van der Waals surface area contributed by atoms with E-state index in [9.17, 15) is 9.59 Å². The number of ether oxygens (including phenoxy) is 1. The molecule has 1 aliphatic carbocycles. The Morgan fingerprint density at radius 2 is 2.15 bits per heavy atom. The summed E-state index contributed by atoms with van der Waals surface area (Å²) in [5.41, 5.74) is 1.31. The lowest BCUT2D eigenvalue weighted by molar-refractivity contribution is -0.144. The van der Waals surface area contributed by atoms with E-state index in [2.05, 4.69) is 5.32 Å². The summed E-state index contributed by atoms with van der Waals surface area (Å²) in [6.07, 6.45) is 3.80. The fourth-order valence-electron chi connectivity index (χ4n) is 2.83. The van der Waals surface area contributed by atoms with Crippen molar-refractivity contribution >= 4 is 17.6 Å². The molecule has 0 bridgehead atoms. The van der Waals surface area contributed by atoms with Crippen LogP contribution in [0.1, 0.15) is 37.7 Å². The van der Waals surface area contributed by atoms with E-state index in [0.29, 0.717) is 12.2 Å². The van der Waals surface area contributed by atoms with Crippen LogP contribution in [-0.2, 0) is 16.0 Å². The molecule has 1 aromatic rings. The van der Waals surface area contributed by atoms with Crippen LogP contribution in [0.25, 0.3) is 0 Å². The molecule has 20 heavy (non-hydrogen) atoms. The van der Waals surface area contributed by atoms with Crippen LogP contribution in [-0.4, -0.2) is 22.6 Å². The first-order valence-corrected chi connectivity index (χ1v) is 6.90. The number of fused-ring (bicyclic) bond motifs is 1. The lowest BCUT2D eigenvalue weighted by Gasteiger charge is -2.41. The number of aryl methyl sites for hydroxylation is 1. The number of anilines is 1. The van der Waals surface area contributed by atoms with E-state index in [1.54, 1.807) is 6.07 Å². The first-order chi connectivity index (χ1) is 9.56. The maximum atomic E-state index is 11.4. The highest BCUT2D eigenvalue weighted by molar-refractivity contribution is 5.94. The summed E-state index contributed by atoms with van der Waals surface area (Å²) in [6, 6.07) is 5.60. The average Bonchev–Trinajstić information content (AvgIpc) is 2.35. The van der Waals surface area contributed by atoms with E-state index >= 15 is 0 Å². The Morgan fingerprint density at radius 3 is 2.80 bits per heavy atom. The van der Waals surface area contributed by atoms with E-state index in [0.717, 1.165) is 36.9 Å². The minimum atomic E-state index is -0.837. The van der Waals surface area contributed by atoms with Gasteiger partial charge >= 0.3 is 5.97 Å². The summed E-state index contributed by atoms with van der Waals surface area (Å²) in [7, 11) is 0. The first-order valence-electron chi connectivity index (χ1n) is 6.90. The molecule has 1 aliphatic heterocycles. The first kappa shape index (κ1) is 13.0. The molecule has 1 amide bonds. The van der Waals surface area contributed by atoms with Gasteiger partial charge in [-0.1, -0.05) is 6.07 Å². The van der Waals surface area contributed by atoms with Crippen LogP contribution >= 0.6 is 0 Å². The summed E-state index contributed by atoms with van der Waals surface area (Å²) in [5, 5.41) is 11.8. The van der Waals surface area contributed by atoms with Crippen LogP contribution in [0.3, 0.4) is 0 Å². The molecule has 5 heteroatoms. The molecule has 0 unspecified atom stereocenters. The second-order valence-electron chi connectivity index (χ2n) is 5.58. The second-order valence-corrected chi connectivity index (χ2v) is 5.58. The third-order valence-electron chi connectivity index (χ3n) is 4.05. The molecule has 0 atom stereocenters. The molecule has 3 rings (SSSR count). The fraction of sp³-hybridized carbons (Fsp3) is 0.467. The standard InChI is InChI=1S/C15H17NO4/c17-13-5-3-10-2-4-11(8-12(10)16-13)20-15(6-1-7-15)9-14(18)19/h2,4,8H,1,3,5-7,9H2,(H,16,17)(H,18,19). The van der Waals surface area contributed by atoms with E-state index in [1.807, 2.05) is 12.1 Å². The lowest BCUT2D eigenvalue weighted by Crippen LogP contribution is -2.45. The molecule has 1 fully saturated rings. The Labute approximate surface area is 116 Å². The van der Waals surface area contributed by atoms with Gasteiger partial charge in [-0.2, -0.15) is 0 Å². The zero-order chi connectivity index (χ0) is 14.2. The van der Waals surface area contributed by atoms with Crippen molar-refractivity contribution in [1.29, 1.82) is 0 Å². The van der Waals surface area contributed by atoms with Gasteiger partial charge in [0.1, 0.15) is 11.4 Å². The topological polar surface area (TPSA) is 75.6 Å². The summed E-state index contributed by atoms with van der Waals surface area (Å²) in [6.45, 7) is 0. The Hall–Kier alpha value is -2.04. The average molecular weight is 275 g/mol. The van der Waals surface area contributed by atoms with Crippen LogP contribution in [0.5, 0.6) is 5.75 Å². The lowest BCUT2D eigenvalue weighted by atomic mass is 9.77. The van der Waals surface area contributed by atoms with E-state index in [1.165, 1.54) is 0 Å². The predicted molar refractivity (Wildman–Crippen MR) is 72.9 cm³/mol. The normalized spacial score (nSPS) is 19.5. The Morgan fingerprint density at radius 1 is 1.35 bits per heavy atom. The highest BCUT2D eigenvalue weighted by Crippen LogP contribution is 2.40. The molecule has 1 saturated carbocycles. The zero-order valence-corrected chi connectivity index (χ0v) is 11.1. The summed E-state index contributed by atoms with van der Waals surface area (Å²) >= 11 is 0. The maximum Gasteiger partial charge on any atom is 0.307 e. The summed E-state index contributed by atoms with van der Waals surface area (Å²) in [5.74, 6) is -0.193. The predicted octanol–water partition coefficient (Wildman–Crippen LogP) is 2.35. The number of carboxylic acids is 1. The number of amides is 1. The third kappa shape index (κ3) is 2.48. The zero-order valence-electron chi connectivity index (χ0n) is 11.1. The minimum absolute atomic E-state index is 0.0125. The molecule has 0 aromatic heterocycles. The van der Waals surface area contributed by atoms with Gasteiger partial charge in [0.25, 0.3) is 0 Å². The molecule has 106 valence electrons. The molecule has 2 N–H and O–H groups in total. The number of nitrogens with one attached hydrogen (secondary N) is 1. The van der Waals surface area contributed by atoms with Gasteiger partial charge in [0.05, 0.1) is 6.42 Å². The van der Waals surface area contributed by atoms with Crippen LogP contribution in [0.15, 0.2) is 18.2 Å². The minimum Gasteiger partial charge on any atom is -0.487 e. The smallest absolute Gasteiger partial charge is 0.307 e. The van der Waals surface area contributed by atoms with Crippen molar-refractivity contribution < 1.29 is 19.4 Å². The largest absolute Gasteiger partial charge is 0.487 e. The number of aliphatic carboxylic acids is 1. The molecule has 1 aromatic carbocycles. The molecule has 0 saturated heterocycles. The summed E-state index contributed by atoms with van der Waals surface area (Å²) < 4.78 is 5.92. The molecular weight excluding hydrogens is 258 g/mol. The Bertz CT molecular complexity index is 563. The van der Waals surface area contributed by atoms with Crippen LogP contribution in [0.4, 0.5) is 5.69 Å². The number of benzene rings is 1. The quantitative estimate of drug-likeness (QED) is 0.884. The van der Waals surface area contributed by atoms with Crippen molar-refractivity contribution in [3.05, 3.63) is 23.8 Å². The molecule has 0 spiro atoms. The van der Waals surface area contributed by atoms with Gasteiger partial charge in [-0.3, -0.25) is 9.59 Å². The van der Waals surface area contributed by atoms with Crippen LogP contribution in [0.2, 0.25) is 0 Å². The molecular formula is C15H17NO4. The van der Waals surface area contributed by atoms with Gasteiger partial charge < -0.3 is 15.2 Å². The van der Waals surface area contributed by atoms with Crippen LogP contribution in [0, 0.1) is 0 Å². The van der Waals surface area contributed by atoms with Gasteiger partial charge in [0.15, 0.2) is 0 Å². The van der Waals surface area contributed by atoms with Crippen molar-refractivity contribution in [2.24, 2.45) is 0 Å². The van der Waals surface area contributed by atoms with Crippen molar-refractivity contribution in [3.8, 4) is 5.75 Å². The maximum absolute atomic E-state index is 11.4. The van der Waals surface area contributed by atoms with Gasteiger partial charge in [0, 0.05) is 18.2 Å². The van der Waals surface area contributed by atoms with Crippen molar-refractivity contribution in [2.45, 2.75) is 44.1 Å². The monoisotopic (exact) mass is 275 g/mol. The van der Waals surface area contributed by atoms with E-state index in [-0.39, 0.29) is 12.3 Å². The molecule has 0 radical (unpaired) electrons. The Kier molecular flexibility index (Phi) is 3.12. The fourth-order valence-corrected chi connectivity index (χ4v) is 2.83.